The van der Waals surface area contributed by atoms with Gasteiger partial charge in [0, 0.05) is 12.8 Å². The Balaban J connectivity index is 3.49. The van der Waals surface area contributed by atoms with Crippen LogP contribution in [0.3, 0.4) is 0 Å². The van der Waals surface area contributed by atoms with Crippen LogP contribution in [0.2, 0.25) is 0 Å². The summed E-state index contributed by atoms with van der Waals surface area (Å²) in [5.41, 5.74) is 0. The number of aliphatic hydroxyl groups is 2. The molecule has 2 unspecified atom stereocenters. The molecule has 0 aromatic rings. The number of hydrogen-bond donors (Lipinski definition) is 3. The molecule has 0 bridgehead atoms. The van der Waals surface area contributed by atoms with E-state index >= 15 is 0 Å². The molecule has 0 aliphatic heterocycles. The SMILES string of the molecule is CCCCCCCC/C=C\CCCCCCCCCCCC(=O)OCCCC/C=C\CCCCCCC(=O)NC(CO)C(O)CCCCCCCCCCCCCCCCCCCCCCC. The lowest BCUT2D eigenvalue weighted by Gasteiger charge is -2.22. The lowest BCUT2D eigenvalue weighted by molar-refractivity contribution is -0.143. The van der Waals surface area contributed by atoms with Crippen molar-refractivity contribution in [2.75, 3.05) is 13.2 Å². The van der Waals surface area contributed by atoms with E-state index < -0.39 is 12.1 Å². The van der Waals surface area contributed by atoms with Crippen molar-refractivity contribution in [1.29, 1.82) is 0 Å². The number of esters is 1. The summed E-state index contributed by atoms with van der Waals surface area (Å²) in [4.78, 5) is 24.6. The minimum absolute atomic E-state index is 0.0358. The first-order valence-electron chi connectivity index (χ1n) is 30.1. The van der Waals surface area contributed by atoms with Crippen LogP contribution in [0.25, 0.3) is 0 Å². The minimum Gasteiger partial charge on any atom is -0.466 e. The Kier molecular flexibility index (Phi) is 55.5. The summed E-state index contributed by atoms with van der Waals surface area (Å²) in [7, 11) is 0. The minimum atomic E-state index is -0.687. The number of nitrogens with one attached hydrogen (secondary N) is 1. The molecule has 0 aliphatic rings. The Labute approximate surface area is 418 Å². The smallest absolute Gasteiger partial charge is 0.305 e. The number of amides is 1. The highest BCUT2D eigenvalue weighted by Gasteiger charge is 2.20. The Morgan fingerprint density at radius 3 is 1.06 bits per heavy atom. The molecule has 0 heterocycles. The van der Waals surface area contributed by atoms with Gasteiger partial charge < -0.3 is 20.3 Å². The van der Waals surface area contributed by atoms with Crippen molar-refractivity contribution in [2.45, 2.75) is 341 Å². The van der Waals surface area contributed by atoms with Crippen molar-refractivity contribution in [3.05, 3.63) is 24.3 Å². The number of aliphatic hydroxyl groups excluding tert-OH is 2. The zero-order valence-electron chi connectivity index (χ0n) is 45.1. The van der Waals surface area contributed by atoms with Crippen LogP contribution in [0.1, 0.15) is 328 Å². The molecule has 0 aliphatic carbocycles. The maximum absolute atomic E-state index is 12.5. The number of unbranched alkanes of at least 4 members (excludes halogenated alkanes) is 41. The summed E-state index contributed by atoms with van der Waals surface area (Å²) >= 11 is 0. The normalized spacial score (nSPS) is 12.7. The average Bonchev–Trinajstić information content (AvgIpc) is 3.33. The predicted octanol–water partition coefficient (Wildman–Crippen LogP) is 18.6. The molecule has 6 nitrogen and oxygen atoms in total. The molecule has 0 spiro atoms. The van der Waals surface area contributed by atoms with Gasteiger partial charge in [-0.2, -0.15) is 0 Å². The monoisotopic (exact) mass is 944 g/mol. The molecule has 0 saturated heterocycles. The molecule has 2 atom stereocenters. The number of ether oxygens (including phenoxy) is 1. The molecule has 6 heteroatoms. The summed E-state index contributed by atoms with van der Waals surface area (Å²) in [6, 6.07) is -0.568. The molecular formula is C61H117NO5. The van der Waals surface area contributed by atoms with Gasteiger partial charge in [0.1, 0.15) is 0 Å². The van der Waals surface area contributed by atoms with Crippen LogP contribution in [0.4, 0.5) is 0 Å². The predicted molar refractivity (Wildman–Crippen MR) is 292 cm³/mol. The van der Waals surface area contributed by atoms with E-state index in [-0.39, 0.29) is 18.5 Å². The van der Waals surface area contributed by atoms with E-state index in [0.717, 1.165) is 77.0 Å². The summed E-state index contributed by atoms with van der Waals surface area (Å²) in [6.07, 6.45) is 68.9. The lowest BCUT2D eigenvalue weighted by atomic mass is 10.0. The van der Waals surface area contributed by atoms with Crippen molar-refractivity contribution < 1.29 is 24.5 Å². The van der Waals surface area contributed by atoms with Gasteiger partial charge in [0.2, 0.25) is 5.91 Å². The molecule has 0 aromatic carbocycles. The highest BCUT2D eigenvalue weighted by Crippen LogP contribution is 2.17. The molecule has 1 amide bonds. The van der Waals surface area contributed by atoms with Crippen molar-refractivity contribution in [3.8, 4) is 0 Å². The third-order valence-electron chi connectivity index (χ3n) is 14.0. The standard InChI is InChI=1S/C61H117NO5/c1-3-5-7-9-11-13-15-17-19-21-23-24-26-27-29-31-33-37-41-45-49-53-59(64)58(57-63)62-60(65)54-50-46-42-38-35-36-40-44-48-52-56-67-61(66)55-51-47-43-39-34-32-30-28-25-22-20-18-16-14-12-10-8-6-4-2/h18,20,36,40,58-59,63-64H,3-17,19,21-35,37-39,41-57H2,1-2H3,(H,62,65)/b20-18-,40-36-. The van der Waals surface area contributed by atoms with Crippen LogP contribution in [-0.4, -0.2) is 47.4 Å². The molecular weight excluding hydrogens is 827 g/mol. The maximum atomic E-state index is 12.5. The largest absolute Gasteiger partial charge is 0.466 e. The summed E-state index contributed by atoms with van der Waals surface area (Å²) in [5, 5.41) is 23.3. The zero-order valence-corrected chi connectivity index (χ0v) is 45.1. The van der Waals surface area contributed by atoms with Gasteiger partial charge in [0.25, 0.3) is 0 Å². The molecule has 0 aromatic heterocycles. The number of carbonyl (C=O) groups is 2. The van der Waals surface area contributed by atoms with E-state index in [1.807, 2.05) is 0 Å². The maximum Gasteiger partial charge on any atom is 0.305 e. The molecule has 0 radical (unpaired) electrons. The zero-order chi connectivity index (χ0) is 48.6. The third-order valence-corrected chi connectivity index (χ3v) is 14.0. The molecule has 3 N–H and O–H groups in total. The highest BCUT2D eigenvalue weighted by atomic mass is 16.5. The van der Waals surface area contributed by atoms with Crippen LogP contribution < -0.4 is 5.32 Å². The molecule has 67 heavy (non-hydrogen) atoms. The molecule has 0 rings (SSSR count). The summed E-state index contributed by atoms with van der Waals surface area (Å²) in [5.74, 6) is -0.104. The highest BCUT2D eigenvalue weighted by molar-refractivity contribution is 5.76. The summed E-state index contributed by atoms with van der Waals surface area (Å²) in [6.45, 7) is 4.88. The Bertz CT molecular complexity index is 1040. The van der Waals surface area contributed by atoms with Crippen molar-refractivity contribution in [2.24, 2.45) is 0 Å². The average molecular weight is 945 g/mol. The van der Waals surface area contributed by atoms with Crippen LogP contribution >= 0.6 is 0 Å². The third kappa shape index (κ3) is 53.5. The van der Waals surface area contributed by atoms with Gasteiger partial charge in [0.05, 0.1) is 25.4 Å². The van der Waals surface area contributed by atoms with Gasteiger partial charge in [-0.15, -0.1) is 0 Å². The second-order valence-electron chi connectivity index (χ2n) is 20.7. The van der Waals surface area contributed by atoms with Gasteiger partial charge in [-0.1, -0.05) is 263 Å². The molecule has 0 saturated carbocycles. The fraction of sp³-hybridized carbons (Fsp3) is 0.902. The van der Waals surface area contributed by atoms with Crippen LogP contribution in [0.15, 0.2) is 24.3 Å². The fourth-order valence-electron chi connectivity index (χ4n) is 9.34. The van der Waals surface area contributed by atoms with E-state index in [9.17, 15) is 19.8 Å². The molecule has 0 fully saturated rings. The van der Waals surface area contributed by atoms with Crippen molar-refractivity contribution in [1.82, 2.24) is 5.32 Å². The van der Waals surface area contributed by atoms with Gasteiger partial charge in [-0.25, -0.2) is 0 Å². The molecule has 396 valence electrons. The second-order valence-corrected chi connectivity index (χ2v) is 20.7. The topological polar surface area (TPSA) is 95.9 Å². The Hall–Kier alpha value is -1.66. The van der Waals surface area contributed by atoms with Gasteiger partial charge in [0.15, 0.2) is 0 Å². The second kappa shape index (κ2) is 56.9. The lowest BCUT2D eigenvalue weighted by Crippen LogP contribution is -2.45. The van der Waals surface area contributed by atoms with Crippen LogP contribution in [-0.2, 0) is 14.3 Å². The van der Waals surface area contributed by atoms with E-state index in [2.05, 4.69) is 43.5 Å². The van der Waals surface area contributed by atoms with E-state index in [1.54, 1.807) is 0 Å². The fourth-order valence-corrected chi connectivity index (χ4v) is 9.34. The van der Waals surface area contributed by atoms with Gasteiger partial charge >= 0.3 is 5.97 Å². The number of hydrogen-bond acceptors (Lipinski definition) is 5. The van der Waals surface area contributed by atoms with Crippen molar-refractivity contribution in [3.63, 3.8) is 0 Å². The first kappa shape index (κ1) is 65.3. The first-order chi connectivity index (χ1) is 33.0. The van der Waals surface area contributed by atoms with E-state index in [0.29, 0.717) is 25.9 Å². The van der Waals surface area contributed by atoms with Crippen LogP contribution in [0, 0.1) is 0 Å². The number of allylic oxidation sites excluding steroid dienone is 4. The Morgan fingerprint density at radius 2 is 0.701 bits per heavy atom. The van der Waals surface area contributed by atoms with E-state index in [4.69, 9.17) is 4.74 Å². The first-order valence-corrected chi connectivity index (χ1v) is 30.1. The van der Waals surface area contributed by atoms with Crippen molar-refractivity contribution >= 4 is 11.9 Å². The van der Waals surface area contributed by atoms with Crippen LogP contribution in [0.5, 0.6) is 0 Å². The Morgan fingerprint density at radius 1 is 0.403 bits per heavy atom. The summed E-state index contributed by atoms with van der Waals surface area (Å²) < 4.78 is 5.46. The number of rotatable bonds is 56. The number of carbonyl (C=O) groups excluding carboxylic acids is 2. The van der Waals surface area contributed by atoms with E-state index in [1.165, 1.54) is 218 Å². The van der Waals surface area contributed by atoms with Gasteiger partial charge in [-0.05, 0) is 77.0 Å². The quantitative estimate of drug-likeness (QED) is 0.0321. The van der Waals surface area contributed by atoms with Gasteiger partial charge in [-0.3, -0.25) is 9.59 Å².